The molecule has 0 aliphatic rings. The van der Waals surface area contributed by atoms with Gasteiger partial charge < -0.3 is 20.0 Å². The molecule has 0 saturated carbocycles. The zero-order valence-electron chi connectivity index (χ0n) is 11.5. The van der Waals surface area contributed by atoms with Crippen LogP contribution in [0.25, 0.3) is 0 Å². The number of hydrogen-bond acceptors (Lipinski definition) is 4. The second-order valence-electron chi connectivity index (χ2n) is 5.99. The monoisotopic (exact) mass is 245 g/mol. The van der Waals surface area contributed by atoms with E-state index in [1.54, 1.807) is 41.5 Å². The highest BCUT2D eigenvalue weighted by Gasteiger charge is 2.42. The van der Waals surface area contributed by atoms with E-state index >= 15 is 0 Å². The summed E-state index contributed by atoms with van der Waals surface area (Å²) >= 11 is 0. The molecule has 17 heavy (non-hydrogen) atoms. The number of amides is 1. The molecule has 1 atom stereocenters. The molecular weight excluding hydrogens is 222 g/mol. The summed E-state index contributed by atoms with van der Waals surface area (Å²) < 4.78 is 5.08. The predicted molar refractivity (Wildman–Crippen MR) is 64.7 cm³/mol. The van der Waals surface area contributed by atoms with E-state index in [-0.39, 0.29) is 6.61 Å². The van der Waals surface area contributed by atoms with Crippen LogP contribution in [0.5, 0.6) is 0 Å². The number of aldehydes is 1. The maximum Gasteiger partial charge on any atom is 0.408 e. The van der Waals surface area contributed by atoms with Gasteiger partial charge in [0.1, 0.15) is 17.4 Å². The van der Waals surface area contributed by atoms with Crippen molar-refractivity contribution in [3.05, 3.63) is 0 Å². The molecule has 0 spiro atoms. The molecular formula is C12H23NO4. The van der Waals surface area contributed by atoms with E-state index in [2.05, 4.69) is 5.32 Å². The molecule has 0 radical (unpaired) electrons. The molecule has 1 unspecified atom stereocenters. The van der Waals surface area contributed by atoms with Crippen LogP contribution in [0.4, 0.5) is 4.79 Å². The Labute approximate surface area is 103 Å². The Morgan fingerprint density at radius 3 is 2.00 bits per heavy atom. The highest BCUT2D eigenvalue weighted by atomic mass is 16.6. The minimum absolute atomic E-state index is 0.224. The van der Waals surface area contributed by atoms with Gasteiger partial charge in [0.2, 0.25) is 0 Å². The van der Waals surface area contributed by atoms with Gasteiger partial charge in [-0.05, 0) is 27.7 Å². The summed E-state index contributed by atoms with van der Waals surface area (Å²) in [4.78, 5) is 22.8. The highest BCUT2D eigenvalue weighted by Crippen LogP contribution is 2.28. The molecule has 0 bridgehead atoms. The van der Waals surface area contributed by atoms with Crippen LogP contribution in [0.1, 0.15) is 41.5 Å². The minimum atomic E-state index is -1.18. The average molecular weight is 245 g/mol. The van der Waals surface area contributed by atoms with Gasteiger partial charge in [-0.2, -0.15) is 0 Å². The third-order valence-corrected chi connectivity index (χ3v) is 2.80. The normalized spacial score (nSPS) is 15.9. The van der Waals surface area contributed by atoms with Gasteiger partial charge in [-0.15, -0.1) is 0 Å². The molecule has 0 saturated heterocycles. The van der Waals surface area contributed by atoms with Crippen molar-refractivity contribution in [1.82, 2.24) is 5.32 Å². The molecule has 0 heterocycles. The maximum atomic E-state index is 11.6. The molecule has 0 aromatic heterocycles. The van der Waals surface area contributed by atoms with Gasteiger partial charge in [-0.3, -0.25) is 0 Å². The minimum Gasteiger partial charge on any atom is -0.444 e. The Bertz CT molecular complexity index is 293. The molecule has 5 heteroatoms. The zero-order valence-corrected chi connectivity index (χ0v) is 11.5. The van der Waals surface area contributed by atoms with Crippen LogP contribution in [0, 0.1) is 5.41 Å². The molecule has 0 aliphatic carbocycles. The summed E-state index contributed by atoms with van der Waals surface area (Å²) in [5.74, 6) is 0. The van der Waals surface area contributed by atoms with Crippen LogP contribution in [-0.4, -0.2) is 35.2 Å². The maximum absolute atomic E-state index is 11.6. The Morgan fingerprint density at radius 2 is 1.71 bits per heavy atom. The number of carbonyl (C=O) groups excluding carboxylic acids is 2. The van der Waals surface area contributed by atoms with E-state index in [9.17, 15) is 14.7 Å². The number of nitrogens with one attached hydrogen (secondary N) is 1. The summed E-state index contributed by atoms with van der Waals surface area (Å²) in [5.41, 5.74) is -2.58. The topological polar surface area (TPSA) is 75.6 Å². The van der Waals surface area contributed by atoms with Gasteiger partial charge in [0, 0.05) is 5.41 Å². The smallest absolute Gasteiger partial charge is 0.408 e. The van der Waals surface area contributed by atoms with Crippen LogP contribution in [-0.2, 0) is 9.53 Å². The van der Waals surface area contributed by atoms with E-state index in [1.807, 2.05) is 0 Å². The van der Waals surface area contributed by atoms with Crippen molar-refractivity contribution >= 4 is 12.4 Å². The molecule has 100 valence electrons. The summed E-state index contributed by atoms with van der Waals surface area (Å²) in [6.45, 7) is 9.93. The molecule has 2 N–H and O–H groups in total. The quantitative estimate of drug-likeness (QED) is 0.736. The Hall–Kier alpha value is -1.10. The molecule has 0 aliphatic heterocycles. The van der Waals surface area contributed by atoms with Crippen LogP contribution < -0.4 is 5.32 Å². The van der Waals surface area contributed by atoms with Gasteiger partial charge in [-0.1, -0.05) is 13.8 Å². The van der Waals surface area contributed by atoms with E-state index in [1.165, 1.54) is 0 Å². The largest absolute Gasteiger partial charge is 0.444 e. The van der Waals surface area contributed by atoms with Gasteiger partial charge in [0.25, 0.3) is 0 Å². The van der Waals surface area contributed by atoms with E-state index in [0.717, 1.165) is 0 Å². The highest BCUT2D eigenvalue weighted by molar-refractivity contribution is 5.77. The first kappa shape index (κ1) is 15.9. The van der Waals surface area contributed by atoms with Crippen molar-refractivity contribution in [2.45, 2.75) is 52.7 Å². The molecule has 1 amide bonds. The van der Waals surface area contributed by atoms with Gasteiger partial charge in [0.15, 0.2) is 0 Å². The van der Waals surface area contributed by atoms with E-state index in [0.29, 0.717) is 6.29 Å². The van der Waals surface area contributed by atoms with Crippen molar-refractivity contribution in [1.29, 1.82) is 0 Å². The van der Waals surface area contributed by atoms with Crippen molar-refractivity contribution in [3.63, 3.8) is 0 Å². The fourth-order valence-corrected chi connectivity index (χ4v) is 1.04. The van der Waals surface area contributed by atoms with Gasteiger partial charge in [-0.25, -0.2) is 4.79 Å². The lowest BCUT2D eigenvalue weighted by atomic mass is 9.75. The predicted octanol–water partition coefficient (Wildman–Crippen LogP) is 1.49. The van der Waals surface area contributed by atoms with Crippen molar-refractivity contribution in [3.8, 4) is 0 Å². The van der Waals surface area contributed by atoms with E-state index < -0.39 is 22.6 Å². The number of aliphatic hydroxyl groups is 1. The number of aliphatic hydroxyl groups excluding tert-OH is 1. The first-order valence-electron chi connectivity index (χ1n) is 5.56. The molecule has 0 aromatic rings. The fourth-order valence-electron chi connectivity index (χ4n) is 1.04. The van der Waals surface area contributed by atoms with Crippen molar-refractivity contribution in [2.75, 3.05) is 6.61 Å². The lowest BCUT2D eigenvalue weighted by Gasteiger charge is -2.39. The standard InChI is InChI=1S/C12H23NO4/c1-10(2,3)17-9(16)13-12(6,8-15)11(4,5)7-14/h8,14H,7H2,1-6H3,(H,13,16). The van der Waals surface area contributed by atoms with Gasteiger partial charge in [0.05, 0.1) is 6.61 Å². The molecule has 0 rings (SSSR count). The van der Waals surface area contributed by atoms with Crippen molar-refractivity contribution < 1.29 is 19.4 Å². The Morgan fingerprint density at radius 1 is 1.24 bits per heavy atom. The third kappa shape index (κ3) is 4.34. The summed E-state index contributed by atoms with van der Waals surface area (Å²) in [6.07, 6.45) is -0.0544. The number of ether oxygens (including phenoxy) is 1. The van der Waals surface area contributed by atoms with Crippen LogP contribution in [0.2, 0.25) is 0 Å². The first-order chi connectivity index (χ1) is 7.47. The average Bonchev–Trinajstić information content (AvgIpc) is 2.14. The van der Waals surface area contributed by atoms with Gasteiger partial charge >= 0.3 is 6.09 Å². The molecule has 0 fully saturated rings. The Balaban J connectivity index is 4.83. The number of carbonyl (C=O) groups is 2. The van der Waals surface area contributed by atoms with E-state index in [4.69, 9.17) is 4.74 Å². The number of rotatable bonds is 4. The lowest BCUT2D eigenvalue weighted by molar-refractivity contribution is -0.118. The van der Waals surface area contributed by atoms with Crippen molar-refractivity contribution in [2.24, 2.45) is 5.41 Å². The van der Waals surface area contributed by atoms with Crippen LogP contribution in [0.15, 0.2) is 0 Å². The second kappa shape index (κ2) is 5.04. The number of alkyl carbamates (subject to hydrolysis) is 1. The third-order valence-electron chi connectivity index (χ3n) is 2.80. The summed E-state index contributed by atoms with van der Waals surface area (Å²) in [7, 11) is 0. The van der Waals surface area contributed by atoms with Crippen LogP contribution in [0.3, 0.4) is 0 Å². The SMILES string of the molecule is CC(C)(C)OC(=O)NC(C)(C=O)C(C)(C)CO. The van der Waals surface area contributed by atoms with Crippen LogP contribution >= 0.6 is 0 Å². The first-order valence-corrected chi connectivity index (χ1v) is 5.56. The zero-order chi connectivity index (χ0) is 13.9. The molecule has 0 aromatic carbocycles. The Kier molecular flexibility index (Phi) is 4.71. The number of hydrogen-bond donors (Lipinski definition) is 2. The fraction of sp³-hybridized carbons (Fsp3) is 0.833. The lowest BCUT2D eigenvalue weighted by Crippen LogP contribution is -2.59. The molecule has 5 nitrogen and oxygen atoms in total. The second-order valence-corrected chi connectivity index (χ2v) is 5.99. The summed E-state index contributed by atoms with van der Waals surface area (Å²) in [6, 6.07) is 0. The summed E-state index contributed by atoms with van der Waals surface area (Å²) in [5, 5.41) is 11.8.